The van der Waals surface area contributed by atoms with Crippen molar-refractivity contribution in [3.63, 3.8) is 0 Å². The predicted molar refractivity (Wildman–Crippen MR) is 61.4 cm³/mol. The zero-order chi connectivity index (χ0) is 13.8. The van der Waals surface area contributed by atoms with E-state index in [1.807, 2.05) is 0 Å². The van der Waals surface area contributed by atoms with Crippen molar-refractivity contribution >= 4 is 21.9 Å². The average molecular weight is 280 g/mol. The molecule has 0 bridgehead atoms. The van der Waals surface area contributed by atoms with Gasteiger partial charge in [-0.1, -0.05) is 0 Å². The van der Waals surface area contributed by atoms with E-state index in [4.69, 9.17) is 9.84 Å². The van der Waals surface area contributed by atoms with Crippen LogP contribution in [0.4, 0.5) is 0 Å². The number of rotatable bonds is 6. The van der Waals surface area contributed by atoms with Crippen LogP contribution in [0.5, 0.6) is 0 Å². The van der Waals surface area contributed by atoms with Crippen molar-refractivity contribution < 1.29 is 27.9 Å². The van der Waals surface area contributed by atoms with Crippen LogP contribution in [-0.4, -0.2) is 68.3 Å². The highest BCUT2D eigenvalue weighted by Gasteiger charge is 2.39. The summed E-state index contributed by atoms with van der Waals surface area (Å²) in [5.74, 6) is -2.01. The smallest absolute Gasteiger partial charge is 0.323 e. The molecule has 1 aliphatic heterocycles. The van der Waals surface area contributed by atoms with Crippen molar-refractivity contribution in [1.29, 1.82) is 0 Å². The Hall–Kier alpha value is -1.19. The van der Waals surface area contributed by atoms with Crippen molar-refractivity contribution in [1.82, 2.24) is 9.62 Å². The largest absolute Gasteiger partial charge is 0.480 e. The maximum absolute atomic E-state index is 11.9. The van der Waals surface area contributed by atoms with Gasteiger partial charge in [0.25, 0.3) is 0 Å². The fourth-order valence-electron chi connectivity index (χ4n) is 1.63. The maximum Gasteiger partial charge on any atom is 0.323 e. The number of amides is 1. The lowest BCUT2D eigenvalue weighted by atomic mass is 10.2. The van der Waals surface area contributed by atoms with Crippen LogP contribution >= 0.6 is 0 Å². The third-order valence-electron chi connectivity index (χ3n) is 2.53. The Kier molecular flexibility index (Phi) is 5.05. The lowest BCUT2D eigenvalue weighted by Crippen LogP contribution is -2.59. The van der Waals surface area contributed by atoms with Crippen molar-refractivity contribution in [2.45, 2.75) is 12.5 Å². The summed E-state index contributed by atoms with van der Waals surface area (Å²) in [6.07, 6.45) is 0.253. The van der Waals surface area contributed by atoms with E-state index in [2.05, 4.69) is 5.32 Å². The van der Waals surface area contributed by atoms with Gasteiger partial charge in [0.2, 0.25) is 15.9 Å². The monoisotopic (exact) mass is 280 g/mol. The molecule has 1 saturated heterocycles. The molecule has 18 heavy (non-hydrogen) atoms. The van der Waals surface area contributed by atoms with Gasteiger partial charge in [-0.05, 0) is 6.42 Å². The molecule has 0 aromatic heterocycles. The quantitative estimate of drug-likeness (QED) is 0.557. The van der Waals surface area contributed by atoms with Crippen molar-refractivity contribution in [3.05, 3.63) is 0 Å². The highest BCUT2D eigenvalue weighted by atomic mass is 32.2. The highest BCUT2D eigenvalue weighted by Crippen LogP contribution is 2.12. The Morgan fingerprint density at radius 2 is 2.28 bits per heavy atom. The molecule has 8 nitrogen and oxygen atoms in total. The molecular weight excluding hydrogens is 264 g/mol. The first-order valence-corrected chi connectivity index (χ1v) is 6.97. The van der Waals surface area contributed by atoms with Gasteiger partial charge in [0.1, 0.15) is 6.04 Å². The molecule has 0 spiro atoms. The molecular formula is C9H16N2O6S. The third-order valence-corrected chi connectivity index (χ3v) is 4.44. The Balaban J connectivity index is 2.80. The zero-order valence-corrected chi connectivity index (χ0v) is 10.8. The Labute approximate surface area is 105 Å². The van der Waals surface area contributed by atoms with E-state index in [0.717, 1.165) is 4.31 Å². The Morgan fingerprint density at radius 1 is 1.61 bits per heavy atom. The number of hydrogen-bond acceptors (Lipinski definition) is 5. The normalized spacial score (nSPS) is 21.6. The molecule has 0 aromatic carbocycles. The van der Waals surface area contributed by atoms with E-state index in [0.29, 0.717) is 0 Å². The summed E-state index contributed by atoms with van der Waals surface area (Å²) in [5, 5.41) is 11.3. The van der Waals surface area contributed by atoms with Gasteiger partial charge in [0.15, 0.2) is 0 Å². The number of carboxylic acid groups (broad SMARTS) is 1. The van der Waals surface area contributed by atoms with Gasteiger partial charge in [0, 0.05) is 20.3 Å². The zero-order valence-electron chi connectivity index (χ0n) is 9.96. The number of methoxy groups -OCH3 is 1. The van der Waals surface area contributed by atoms with Crippen molar-refractivity contribution in [3.8, 4) is 0 Å². The lowest BCUT2D eigenvalue weighted by molar-refractivity contribution is -0.143. The van der Waals surface area contributed by atoms with Crippen LogP contribution in [-0.2, 0) is 24.3 Å². The second kappa shape index (κ2) is 6.12. The van der Waals surface area contributed by atoms with Gasteiger partial charge in [-0.2, -0.15) is 4.31 Å². The lowest BCUT2D eigenvalue weighted by Gasteiger charge is -2.31. The molecule has 1 rings (SSSR count). The fourth-order valence-corrected chi connectivity index (χ4v) is 3.21. The number of hydrogen-bond donors (Lipinski definition) is 2. The molecule has 1 aliphatic rings. The van der Waals surface area contributed by atoms with E-state index < -0.39 is 34.5 Å². The molecule has 1 unspecified atom stereocenters. The van der Waals surface area contributed by atoms with Gasteiger partial charge >= 0.3 is 5.97 Å². The van der Waals surface area contributed by atoms with E-state index >= 15 is 0 Å². The minimum absolute atomic E-state index is 0.211. The predicted octanol–water partition coefficient (Wildman–Crippen LogP) is -1.76. The molecule has 1 heterocycles. The SMILES string of the molecule is COCCCS(=O)(=O)N1CC(=O)NCC1C(=O)O. The van der Waals surface area contributed by atoms with Gasteiger partial charge in [0.05, 0.1) is 12.3 Å². The van der Waals surface area contributed by atoms with Gasteiger partial charge in [-0.3, -0.25) is 9.59 Å². The van der Waals surface area contributed by atoms with Gasteiger partial charge in [-0.25, -0.2) is 8.42 Å². The minimum Gasteiger partial charge on any atom is -0.480 e. The number of carbonyl (C=O) groups excluding carboxylic acids is 1. The second-order valence-corrected chi connectivity index (χ2v) is 5.91. The van der Waals surface area contributed by atoms with Gasteiger partial charge in [-0.15, -0.1) is 0 Å². The van der Waals surface area contributed by atoms with E-state index in [-0.39, 0.29) is 25.3 Å². The van der Waals surface area contributed by atoms with Crippen LogP contribution in [0, 0.1) is 0 Å². The second-order valence-electron chi connectivity index (χ2n) is 3.87. The van der Waals surface area contributed by atoms with Crippen LogP contribution in [0.3, 0.4) is 0 Å². The molecule has 1 atom stereocenters. The first-order valence-electron chi connectivity index (χ1n) is 5.36. The summed E-state index contributed by atoms with van der Waals surface area (Å²) in [6, 6.07) is -1.24. The Bertz CT molecular complexity index is 421. The summed E-state index contributed by atoms with van der Waals surface area (Å²) in [7, 11) is -2.33. The molecule has 104 valence electrons. The molecule has 2 N–H and O–H groups in total. The number of ether oxygens (including phenoxy) is 1. The van der Waals surface area contributed by atoms with Crippen LogP contribution < -0.4 is 5.32 Å². The first kappa shape index (κ1) is 14.9. The summed E-state index contributed by atoms with van der Waals surface area (Å²) >= 11 is 0. The molecule has 1 fully saturated rings. The van der Waals surface area contributed by atoms with E-state index in [9.17, 15) is 18.0 Å². The van der Waals surface area contributed by atoms with Crippen LogP contribution in [0.1, 0.15) is 6.42 Å². The molecule has 0 aliphatic carbocycles. The summed E-state index contributed by atoms with van der Waals surface area (Å²) in [4.78, 5) is 22.1. The third kappa shape index (κ3) is 3.65. The molecule has 9 heteroatoms. The standard InChI is InChI=1S/C9H16N2O6S/c1-17-3-2-4-18(15,16)11-6-8(12)10-5-7(11)9(13)14/h7H,2-6H2,1H3,(H,10,12)(H,13,14). The highest BCUT2D eigenvalue weighted by molar-refractivity contribution is 7.89. The number of nitrogens with one attached hydrogen (secondary N) is 1. The Morgan fingerprint density at radius 3 is 2.83 bits per heavy atom. The minimum atomic E-state index is -3.77. The molecule has 0 aromatic rings. The van der Waals surface area contributed by atoms with E-state index in [1.54, 1.807) is 0 Å². The molecule has 0 radical (unpaired) electrons. The average Bonchev–Trinajstić information content (AvgIpc) is 2.28. The number of carboxylic acids is 1. The maximum atomic E-state index is 11.9. The van der Waals surface area contributed by atoms with Crippen LogP contribution in [0.15, 0.2) is 0 Å². The van der Waals surface area contributed by atoms with Crippen molar-refractivity contribution in [2.24, 2.45) is 0 Å². The molecule has 1 amide bonds. The van der Waals surface area contributed by atoms with Crippen LogP contribution in [0.2, 0.25) is 0 Å². The number of aliphatic carboxylic acids is 1. The number of sulfonamides is 1. The summed E-state index contributed by atoms with van der Waals surface area (Å²) in [5.41, 5.74) is 0. The van der Waals surface area contributed by atoms with E-state index in [1.165, 1.54) is 7.11 Å². The number of nitrogens with zero attached hydrogens (tertiary/aromatic N) is 1. The fraction of sp³-hybridized carbons (Fsp3) is 0.778. The first-order chi connectivity index (χ1) is 8.38. The van der Waals surface area contributed by atoms with Crippen molar-refractivity contribution in [2.75, 3.05) is 32.6 Å². The summed E-state index contributed by atoms with van der Waals surface area (Å²) < 4.78 is 29.4. The number of carbonyl (C=O) groups is 2. The number of piperazine rings is 1. The van der Waals surface area contributed by atoms with Crippen LogP contribution in [0.25, 0.3) is 0 Å². The summed E-state index contributed by atoms with van der Waals surface area (Å²) in [6.45, 7) is -0.402. The van der Waals surface area contributed by atoms with Gasteiger partial charge < -0.3 is 15.2 Å². The topological polar surface area (TPSA) is 113 Å². The molecule has 0 saturated carbocycles.